The average molecular weight is 392 g/mol. The molecule has 150 valence electrons. The Labute approximate surface area is 168 Å². The summed E-state index contributed by atoms with van der Waals surface area (Å²) in [6.45, 7) is 3.21. The lowest BCUT2D eigenvalue weighted by atomic mass is 10.2. The summed E-state index contributed by atoms with van der Waals surface area (Å²) in [6.07, 6.45) is 0.781. The minimum absolute atomic E-state index is 0.0722. The van der Waals surface area contributed by atoms with Gasteiger partial charge in [-0.05, 0) is 30.7 Å². The summed E-state index contributed by atoms with van der Waals surface area (Å²) in [6, 6.07) is 17.1. The number of anilines is 1. The molecule has 2 heterocycles. The lowest BCUT2D eigenvalue weighted by Gasteiger charge is -2.36. The molecule has 4 rings (SSSR count). The predicted octanol–water partition coefficient (Wildman–Crippen LogP) is 1.82. The fourth-order valence-corrected chi connectivity index (χ4v) is 3.80. The van der Waals surface area contributed by atoms with Gasteiger partial charge in [0.05, 0.1) is 10.9 Å². The molecule has 29 heavy (non-hydrogen) atoms. The van der Waals surface area contributed by atoms with Crippen molar-refractivity contribution in [2.75, 3.05) is 31.1 Å². The molecule has 3 aromatic rings. The number of aromatic amines is 1. The first-order chi connectivity index (χ1) is 14.1. The van der Waals surface area contributed by atoms with Crippen molar-refractivity contribution in [2.24, 2.45) is 0 Å². The molecule has 0 aliphatic carbocycles. The molecule has 1 fully saturated rings. The number of hydrogen-bond donors (Lipinski definition) is 1. The van der Waals surface area contributed by atoms with E-state index in [0.29, 0.717) is 36.8 Å². The van der Waals surface area contributed by atoms with Crippen molar-refractivity contribution in [1.29, 1.82) is 0 Å². The largest absolute Gasteiger partial charge is 0.368 e. The van der Waals surface area contributed by atoms with Gasteiger partial charge in [-0.15, -0.1) is 0 Å². The van der Waals surface area contributed by atoms with Crippen molar-refractivity contribution in [1.82, 2.24) is 14.5 Å². The number of aromatic nitrogens is 2. The minimum atomic E-state index is -0.433. The van der Waals surface area contributed by atoms with Gasteiger partial charge in [0.15, 0.2) is 0 Å². The molecule has 7 heteroatoms. The highest BCUT2D eigenvalue weighted by molar-refractivity contribution is 5.77. The maximum absolute atomic E-state index is 12.5. The fourth-order valence-electron chi connectivity index (χ4n) is 3.80. The van der Waals surface area contributed by atoms with Crippen LogP contribution in [0.2, 0.25) is 0 Å². The molecular weight excluding hydrogens is 368 g/mol. The van der Waals surface area contributed by atoms with Crippen LogP contribution in [0.1, 0.15) is 12.8 Å². The first-order valence-corrected chi connectivity index (χ1v) is 9.93. The molecule has 0 atom stereocenters. The third-order valence-electron chi connectivity index (χ3n) is 5.42. The van der Waals surface area contributed by atoms with Crippen LogP contribution in [-0.2, 0) is 11.3 Å². The van der Waals surface area contributed by atoms with E-state index in [1.54, 1.807) is 24.3 Å². The van der Waals surface area contributed by atoms with E-state index < -0.39 is 5.69 Å². The standard InChI is InChI=1S/C22H24N4O3/c27-20(25-15-13-24(14-16-25)17-7-2-1-3-8-17)11-6-12-26-21(28)18-9-4-5-10-19(18)23-22(26)29/h1-5,7-10H,6,11-16H2,(H,23,29). The Balaban J connectivity index is 1.33. The Hall–Kier alpha value is -3.35. The zero-order valence-electron chi connectivity index (χ0n) is 16.2. The number of carbonyl (C=O) groups is 1. The molecule has 7 nitrogen and oxygen atoms in total. The molecule has 0 bridgehead atoms. The quantitative estimate of drug-likeness (QED) is 0.718. The van der Waals surface area contributed by atoms with Crippen LogP contribution >= 0.6 is 0 Å². The van der Waals surface area contributed by atoms with Crippen molar-refractivity contribution < 1.29 is 4.79 Å². The SMILES string of the molecule is O=C(CCCn1c(=O)[nH]c2ccccc2c1=O)N1CCN(c2ccccc2)CC1. The number of nitrogens with zero attached hydrogens (tertiary/aromatic N) is 3. The third-order valence-corrected chi connectivity index (χ3v) is 5.42. The normalized spacial score (nSPS) is 14.3. The van der Waals surface area contributed by atoms with Gasteiger partial charge in [-0.3, -0.25) is 14.2 Å². The van der Waals surface area contributed by atoms with Crippen LogP contribution in [0.25, 0.3) is 10.9 Å². The highest BCUT2D eigenvalue weighted by Gasteiger charge is 2.21. The number of hydrogen-bond acceptors (Lipinski definition) is 4. The van der Waals surface area contributed by atoms with E-state index in [2.05, 4.69) is 22.0 Å². The number of benzene rings is 2. The van der Waals surface area contributed by atoms with E-state index in [4.69, 9.17) is 0 Å². The summed E-state index contributed by atoms with van der Waals surface area (Å²) >= 11 is 0. The monoisotopic (exact) mass is 392 g/mol. The number of carbonyl (C=O) groups excluding carboxylic acids is 1. The van der Waals surface area contributed by atoms with Gasteiger partial charge < -0.3 is 14.8 Å². The molecule has 0 spiro atoms. The zero-order valence-corrected chi connectivity index (χ0v) is 16.2. The molecule has 1 aliphatic rings. The van der Waals surface area contributed by atoms with Gasteiger partial charge in [-0.1, -0.05) is 30.3 Å². The number of H-pyrrole nitrogens is 1. The maximum Gasteiger partial charge on any atom is 0.328 e. The first kappa shape index (κ1) is 19.0. The van der Waals surface area contributed by atoms with E-state index in [1.807, 2.05) is 23.1 Å². The molecule has 2 aromatic carbocycles. The summed E-state index contributed by atoms with van der Waals surface area (Å²) in [7, 11) is 0. The summed E-state index contributed by atoms with van der Waals surface area (Å²) in [5, 5.41) is 0.482. The summed E-state index contributed by atoms with van der Waals surface area (Å²) in [5.41, 5.74) is 0.964. The van der Waals surface area contributed by atoms with Crippen LogP contribution in [0.3, 0.4) is 0 Å². The van der Waals surface area contributed by atoms with E-state index in [0.717, 1.165) is 13.1 Å². The van der Waals surface area contributed by atoms with Crippen LogP contribution < -0.4 is 16.1 Å². The Morgan fingerprint density at radius 2 is 1.59 bits per heavy atom. The molecular formula is C22H24N4O3. The van der Waals surface area contributed by atoms with E-state index in [1.165, 1.54) is 10.3 Å². The van der Waals surface area contributed by atoms with Crippen LogP contribution in [0.15, 0.2) is 64.2 Å². The highest BCUT2D eigenvalue weighted by Crippen LogP contribution is 2.16. The lowest BCUT2D eigenvalue weighted by Crippen LogP contribution is -2.48. The molecule has 1 amide bonds. The first-order valence-electron chi connectivity index (χ1n) is 9.93. The number of piperazine rings is 1. The van der Waals surface area contributed by atoms with Gasteiger partial charge in [0.25, 0.3) is 5.56 Å². The van der Waals surface area contributed by atoms with Gasteiger partial charge >= 0.3 is 5.69 Å². The van der Waals surface area contributed by atoms with Crippen LogP contribution in [0, 0.1) is 0 Å². The lowest BCUT2D eigenvalue weighted by molar-refractivity contribution is -0.131. The Morgan fingerprint density at radius 3 is 2.34 bits per heavy atom. The molecule has 1 N–H and O–H groups in total. The third kappa shape index (κ3) is 4.08. The highest BCUT2D eigenvalue weighted by atomic mass is 16.2. The number of para-hydroxylation sites is 2. The molecule has 1 saturated heterocycles. The molecule has 0 radical (unpaired) electrons. The topological polar surface area (TPSA) is 78.4 Å². The second kappa shape index (κ2) is 8.34. The van der Waals surface area contributed by atoms with Gasteiger partial charge in [0.1, 0.15) is 0 Å². The zero-order chi connectivity index (χ0) is 20.2. The Kier molecular flexibility index (Phi) is 5.46. The van der Waals surface area contributed by atoms with Crippen LogP contribution in [-0.4, -0.2) is 46.5 Å². The van der Waals surface area contributed by atoms with Crippen molar-refractivity contribution in [3.05, 3.63) is 75.4 Å². The average Bonchev–Trinajstić information content (AvgIpc) is 2.76. The number of rotatable bonds is 5. The fraction of sp³-hybridized carbons (Fsp3) is 0.318. The predicted molar refractivity (Wildman–Crippen MR) is 113 cm³/mol. The van der Waals surface area contributed by atoms with E-state index in [9.17, 15) is 14.4 Å². The number of nitrogens with one attached hydrogen (secondary N) is 1. The van der Waals surface area contributed by atoms with Gasteiger partial charge in [-0.2, -0.15) is 0 Å². The van der Waals surface area contributed by atoms with Crippen molar-refractivity contribution in [2.45, 2.75) is 19.4 Å². The van der Waals surface area contributed by atoms with Gasteiger partial charge in [0, 0.05) is 44.8 Å². The van der Waals surface area contributed by atoms with Crippen LogP contribution in [0.4, 0.5) is 5.69 Å². The van der Waals surface area contributed by atoms with Gasteiger partial charge in [-0.25, -0.2) is 4.79 Å². The molecule has 1 aromatic heterocycles. The molecule has 0 unspecified atom stereocenters. The summed E-state index contributed by atoms with van der Waals surface area (Å²) in [5.74, 6) is 0.0722. The number of amides is 1. The van der Waals surface area contributed by atoms with Gasteiger partial charge in [0.2, 0.25) is 5.91 Å². The van der Waals surface area contributed by atoms with Crippen molar-refractivity contribution >= 4 is 22.5 Å². The summed E-state index contributed by atoms with van der Waals surface area (Å²) in [4.78, 5) is 44.2. The van der Waals surface area contributed by atoms with Crippen LogP contribution in [0.5, 0.6) is 0 Å². The van der Waals surface area contributed by atoms with Crippen molar-refractivity contribution in [3.8, 4) is 0 Å². The minimum Gasteiger partial charge on any atom is -0.368 e. The molecule has 0 saturated carbocycles. The maximum atomic E-state index is 12.5. The van der Waals surface area contributed by atoms with Crippen molar-refractivity contribution in [3.63, 3.8) is 0 Å². The number of fused-ring (bicyclic) bond motifs is 1. The smallest absolute Gasteiger partial charge is 0.328 e. The Bertz CT molecular complexity index is 1110. The van der Waals surface area contributed by atoms with E-state index >= 15 is 0 Å². The second-order valence-corrected chi connectivity index (χ2v) is 7.24. The van der Waals surface area contributed by atoms with E-state index in [-0.39, 0.29) is 18.0 Å². The second-order valence-electron chi connectivity index (χ2n) is 7.24. The summed E-state index contributed by atoms with van der Waals surface area (Å²) < 4.78 is 1.18. The Morgan fingerprint density at radius 1 is 0.897 bits per heavy atom. The molecule has 1 aliphatic heterocycles.